The van der Waals surface area contributed by atoms with Gasteiger partial charge < -0.3 is 9.84 Å². The van der Waals surface area contributed by atoms with Gasteiger partial charge in [-0.15, -0.1) is 5.10 Å². The van der Waals surface area contributed by atoms with Gasteiger partial charge in [0.15, 0.2) is 6.61 Å². The fourth-order valence-corrected chi connectivity index (χ4v) is 1.73. The first-order valence-corrected chi connectivity index (χ1v) is 6.17. The maximum absolute atomic E-state index is 12.8. The summed E-state index contributed by atoms with van der Waals surface area (Å²) in [5, 5.41) is 12.0. The highest BCUT2D eigenvalue weighted by Crippen LogP contribution is 2.37. The Kier molecular flexibility index (Phi) is 4.45. The van der Waals surface area contributed by atoms with Gasteiger partial charge in [-0.2, -0.15) is 26.3 Å². The van der Waals surface area contributed by atoms with E-state index in [4.69, 9.17) is 5.11 Å². The molecule has 0 fully saturated rings. The number of rotatable bonds is 4. The number of aliphatic carboxylic acids is 1. The van der Waals surface area contributed by atoms with Gasteiger partial charge in [-0.1, -0.05) is 0 Å². The van der Waals surface area contributed by atoms with Crippen molar-refractivity contribution in [1.82, 2.24) is 9.78 Å². The summed E-state index contributed by atoms with van der Waals surface area (Å²) in [4.78, 5) is 10.3. The van der Waals surface area contributed by atoms with Gasteiger partial charge in [0.1, 0.15) is 0 Å². The zero-order chi connectivity index (χ0) is 18.1. The molecule has 0 saturated heterocycles. The van der Waals surface area contributed by atoms with Crippen LogP contribution in [0.4, 0.5) is 26.3 Å². The van der Waals surface area contributed by atoms with Gasteiger partial charge in [-0.25, -0.2) is 9.48 Å². The SMILES string of the molecule is O=C(O)COc1ccn(-c2cc(C(F)(F)F)cc(C(F)(F)F)c2)n1. The van der Waals surface area contributed by atoms with Crippen molar-refractivity contribution in [2.24, 2.45) is 0 Å². The molecule has 0 radical (unpaired) electrons. The molecule has 0 spiro atoms. The van der Waals surface area contributed by atoms with E-state index in [9.17, 15) is 31.1 Å². The predicted octanol–water partition coefficient (Wildman–Crippen LogP) is 3.37. The molecule has 24 heavy (non-hydrogen) atoms. The van der Waals surface area contributed by atoms with Crippen LogP contribution >= 0.6 is 0 Å². The lowest BCUT2D eigenvalue weighted by molar-refractivity contribution is -0.143. The van der Waals surface area contributed by atoms with Crippen molar-refractivity contribution in [3.63, 3.8) is 0 Å². The summed E-state index contributed by atoms with van der Waals surface area (Å²) in [6, 6.07) is 2.08. The van der Waals surface area contributed by atoms with E-state index in [1.165, 1.54) is 0 Å². The standard InChI is InChI=1S/C13H8F6N2O3/c14-12(15,16)7-3-8(13(17,18)19)5-9(4-7)21-2-1-10(20-21)24-6-11(22)23/h1-5H,6H2,(H,22,23). The molecule has 0 amide bonds. The molecule has 1 aromatic heterocycles. The second kappa shape index (κ2) is 6.06. The minimum absolute atomic E-state index is 0.00512. The van der Waals surface area contributed by atoms with Crippen molar-refractivity contribution >= 4 is 5.97 Å². The Bertz CT molecular complexity index is 719. The fourth-order valence-electron chi connectivity index (χ4n) is 1.73. The lowest BCUT2D eigenvalue weighted by Crippen LogP contribution is -2.13. The van der Waals surface area contributed by atoms with Crippen LogP contribution in [0.25, 0.3) is 5.69 Å². The first-order valence-electron chi connectivity index (χ1n) is 6.17. The Balaban J connectivity index is 2.44. The molecule has 130 valence electrons. The topological polar surface area (TPSA) is 64.3 Å². The Morgan fingerprint density at radius 1 is 1.08 bits per heavy atom. The van der Waals surface area contributed by atoms with Crippen LogP contribution in [0.5, 0.6) is 5.88 Å². The number of carbonyl (C=O) groups is 1. The van der Waals surface area contributed by atoms with E-state index < -0.39 is 41.7 Å². The smallest absolute Gasteiger partial charge is 0.416 e. The maximum atomic E-state index is 12.8. The third-order valence-corrected chi connectivity index (χ3v) is 2.75. The van der Waals surface area contributed by atoms with Gasteiger partial charge in [0, 0.05) is 12.3 Å². The minimum Gasteiger partial charge on any atom is -0.479 e. The van der Waals surface area contributed by atoms with E-state index in [0.29, 0.717) is 12.1 Å². The summed E-state index contributed by atoms with van der Waals surface area (Å²) in [5.41, 5.74) is -3.48. The molecule has 1 N–H and O–H groups in total. The Morgan fingerprint density at radius 2 is 1.62 bits per heavy atom. The number of carboxylic acid groups (broad SMARTS) is 1. The molecule has 2 aromatic rings. The molecule has 0 aliphatic rings. The third kappa shape index (κ3) is 4.18. The highest BCUT2D eigenvalue weighted by atomic mass is 19.4. The van der Waals surface area contributed by atoms with Crippen molar-refractivity contribution in [2.45, 2.75) is 12.4 Å². The minimum atomic E-state index is -4.98. The Hall–Kier alpha value is -2.72. The number of aromatic nitrogens is 2. The number of hydrogen-bond acceptors (Lipinski definition) is 3. The largest absolute Gasteiger partial charge is 0.479 e. The zero-order valence-corrected chi connectivity index (χ0v) is 11.5. The normalized spacial score (nSPS) is 12.2. The monoisotopic (exact) mass is 354 g/mol. The zero-order valence-electron chi connectivity index (χ0n) is 11.5. The molecule has 0 atom stereocenters. The number of ether oxygens (including phenoxy) is 1. The van der Waals surface area contributed by atoms with Crippen molar-refractivity contribution < 1.29 is 41.0 Å². The van der Waals surface area contributed by atoms with E-state index in [2.05, 4.69) is 9.84 Å². The van der Waals surface area contributed by atoms with Crippen molar-refractivity contribution in [1.29, 1.82) is 0 Å². The lowest BCUT2D eigenvalue weighted by atomic mass is 10.1. The maximum Gasteiger partial charge on any atom is 0.416 e. The van der Waals surface area contributed by atoms with Crippen LogP contribution in [0, 0.1) is 0 Å². The second-order valence-electron chi connectivity index (χ2n) is 4.55. The molecule has 2 rings (SSSR count). The van der Waals surface area contributed by atoms with Gasteiger partial charge in [-0.3, -0.25) is 0 Å². The lowest BCUT2D eigenvalue weighted by Gasteiger charge is -2.14. The number of carboxylic acids is 1. The molecule has 0 aliphatic carbocycles. The Morgan fingerprint density at radius 3 is 2.08 bits per heavy atom. The summed E-state index contributed by atoms with van der Waals surface area (Å²) in [6.45, 7) is -0.757. The van der Waals surface area contributed by atoms with Gasteiger partial charge in [-0.05, 0) is 18.2 Å². The second-order valence-corrected chi connectivity index (χ2v) is 4.55. The summed E-state index contributed by atoms with van der Waals surface area (Å²) >= 11 is 0. The number of halogens is 6. The molecular weight excluding hydrogens is 346 g/mol. The van der Waals surface area contributed by atoms with Crippen LogP contribution in [0.1, 0.15) is 11.1 Å². The number of benzene rings is 1. The van der Waals surface area contributed by atoms with Crippen LogP contribution in [-0.4, -0.2) is 27.5 Å². The van der Waals surface area contributed by atoms with Crippen molar-refractivity contribution in [3.05, 3.63) is 41.6 Å². The van der Waals surface area contributed by atoms with Gasteiger partial charge in [0.2, 0.25) is 5.88 Å². The molecule has 0 aliphatic heterocycles. The molecule has 1 heterocycles. The van der Waals surface area contributed by atoms with Crippen LogP contribution in [0.3, 0.4) is 0 Å². The van der Waals surface area contributed by atoms with Crippen LogP contribution in [0.15, 0.2) is 30.5 Å². The van der Waals surface area contributed by atoms with E-state index in [-0.39, 0.29) is 11.9 Å². The average Bonchev–Trinajstić information content (AvgIpc) is 2.91. The van der Waals surface area contributed by atoms with E-state index in [1.807, 2.05) is 0 Å². The number of alkyl halides is 6. The highest BCUT2D eigenvalue weighted by Gasteiger charge is 2.37. The van der Waals surface area contributed by atoms with Gasteiger partial charge >= 0.3 is 18.3 Å². The molecule has 5 nitrogen and oxygen atoms in total. The molecule has 11 heteroatoms. The average molecular weight is 354 g/mol. The fraction of sp³-hybridized carbons (Fsp3) is 0.231. The quantitative estimate of drug-likeness (QED) is 0.855. The summed E-state index contributed by atoms with van der Waals surface area (Å²) in [6.07, 6.45) is -8.91. The van der Waals surface area contributed by atoms with Crippen LogP contribution in [0.2, 0.25) is 0 Å². The van der Waals surface area contributed by atoms with Gasteiger partial charge in [0.25, 0.3) is 0 Å². The first-order chi connectivity index (χ1) is 11.0. The molecule has 0 unspecified atom stereocenters. The van der Waals surface area contributed by atoms with E-state index >= 15 is 0 Å². The van der Waals surface area contributed by atoms with E-state index in [1.54, 1.807) is 0 Å². The third-order valence-electron chi connectivity index (χ3n) is 2.75. The van der Waals surface area contributed by atoms with Crippen LogP contribution < -0.4 is 4.74 Å². The molecule has 1 aromatic carbocycles. The van der Waals surface area contributed by atoms with Gasteiger partial charge in [0.05, 0.1) is 16.8 Å². The van der Waals surface area contributed by atoms with Crippen LogP contribution in [-0.2, 0) is 17.1 Å². The van der Waals surface area contributed by atoms with E-state index in [0.717, 1.165) is 16.9 Å². The van der Waals surface area contributed by atoms with Crippen molar-refractivity contribution in [3.8, 4) is 11.6 Å². The van der Waals surface area contributed by atoms with Crippen molar-refractivity contribution in [2.75, 3.05) is 6.61 Å². The first kappa shape index (κ1) is 17.6. The molecular formula is C13H8F6N2O3. The summed E-state index contributed by atoms with van der Waals surface area (Å²) in [7, 11) is 0. The highest BCUT2D eigenvalue weighted by molar-refractivity contribution is 5.68. The number of hydrogen-bond donors (Lipinski definition) is 1. The summed E-state index contributed by atoms with van der Waals surface area (Å²) in [5.74, 6) is -1.58. The Labute approximate surface area is 130 Å². The molecule has 0 saturated carbocycles. The summed E-state index contributed by atoms with van der Waals surface area (Å²) < 4.78 is 82.1. The molecule has 0 bridgehead atoms. The number of nitrogens with zero attached hydrogens (tertiary/aromatic N) is 2. The predicted molar refractivity (Wildman–Crippen MR) is 66.7 cm³/mol.